The molecule has 0 unspecified atom stereocenters. The van der Waals surface area contributed by atoms with E-state index in [1.54, 1.807) is 12.1 Å². The highest BCUT2D eigenvalue weighted by Gasteiger charge is 2.15. The Bertz CT molecular complexity index is 1350. The fraction of sp³-hybridized carbons (Fsp3) is 0.227. The van der Waals surface area contributed by atoms with Gasteiger partial charge in [0.05, 0.1) is 22.2 Å². The van der Waals surface area contributed by atoms with Crippen molar-refractivity contribution >= 4 is 44.8 Å². The van der Waals surface area contributed by atoms with E-state index >= 15 is 0 Å². The minimum absolute atomic E-state index is 0.147. The van der Waals surface area contributed by atoms with Crippen molar-refractivity contribution in [2.75, 3.05) is 23.7 Å². The van der Waals surface area contributed by atoms with Gasteiger partial charge in [0.15, 0.2) is 5.82 Å². The van der Waals surface area contributed by atoms with E-state index in [0.717, 1.165) is 5.01 Å². The number of hydrogen-bond donors (Lipinski definition) is 3. The third-order valence-corrected chi connectivity index (χ3v) is 5.94. The zero-order valence-electron chi connectivity index (χ0n) is 18.4. The average Bonchev–Trinajstić information content (AvgIpc) is 3.27. The molecule has 1 aromatic carbocycles. The second-order valence-electron chi connectivity index (χ2n) is 7.34. The number of fused-ring (bicyclic) bond motifs is 1. The summed E-state index contributed by atoms with van der Waals surface area (Å²) in [5.41, 5.74) is 0.914. The summed E-state index contributed by atoms with van der Waals surface area (Å²) in [7, 11) is 0. The van der Waals surface area contributed by atoms with E-state index in [4.69, 9.17) is 0 Å². The summed E-state index contributed by atoms with van der Waals surface area (Å²) in [6, 6.07) is 8.89. The molecule has 0 spiro atoms. The molecule has 0 saturated carbocycles. The second kappa shape index (κ2) is 11.4. The van der Waals surface area contributed by atoms with Gasteiger partial charge in [-0.3, -0.25) is 19.9 Å². The maximum atomic E-state index is 13.8. The summed E-state index contributed by atoms with van der Waals surface area (Å²) in [5.74, 6) is -0.213. The van der Waals surface area contributed by atoms with E-state index in [0.29, 0.717) is 35.7 Å². The summed E-state index contributed by atoms with van der Waals surface area (Å²) in [6.07, 6.45) is 3.73. The number of halogens is 1. The van der Waals surface area contributed by atoms with Gasteiger partial charge in [-0.1, -0.05) is 23.5 Å². The first kappa shape index (κ1) is 24.0. The Morgan fingerprint density at radius 2 is 1.97 bits per heavy atom. The first-order valence-corrected chi connectivity index (χ1v) is 11.5. The van der Waals surface area contributed by atoms with Crippen molar-refractivity contribution in [3.05, 3.63) is 75.6 Å². The summed E-state index contributed by atoms with van der Waals surface area (Å²) >= 11 is 1.43. The minimum atomic E-state index is -0.534. The second-order valence-corrected chi connectivity index (χ2v) is 8.40. The van der Waals surface area contributed by atoms with Crippen LogP contribution in [0.5, 0.6) is 0 Å². The topological polar surface area (TPSA) is 148 Å². The fourth-order valence-corrected chi connectivity index (χ4v) is 4.13. The van der Waals surface area contributed by atoms with Crippen molar-refractivity contribution in [1.82, 2.24) is 25.3 Å². The number of nitro groups is 1. The van der Waals surface area contributed by atoms with Crippen LogP contribution in [0.15, 0.2) is 48.9 Å². The number of amides is 1. The van der Waals surface area contributed by atoms with E-state index in [-0.39, 0.29) is 35.9 Å². The maximum Gasteiger partial charge on any atom is 0.292 e. The van der Waals surface area contributed by atoms with Crippen LogP contribution >= 0.6 is 11.3 Å². The number of nitro benzene ring substituents is 1. The van der Waals surface area contributed by atoms with Gasteiger partial charge in [0.2, 0.25) is 5.91 Å². The van der Waals surface area contributed by atoms with Crippen LogP contribution < -0.4 is 16.0 Å². The molecule has 4 aromatic rings. The van der Waals surface area contributed by atoms with Crippen molar-refractivity contribution < 1.29 is 14.1 Å². The van der Waals surface area contributed by atoms with Gasteiger partial charge in [0.1, 0.15) is 28.2 Å². The summed E-state index contributed by atoms with van der Waals surface area (Å²) in [5, 5.41) is 20.7. The molecule has 0 aliphatic carbocycles. The molecule has 3 aromatic heterocycles. The van der Waals surface area contributed by atoms with Crippen molar-refractivity contribution in [2.24, 2.45) is 0 Å². The Balaban J connectivity index is 1.25. The lowest BCUT2D eigenvalue weighted by atomic mass is 10.2. The van der Waals surface area contributed by atoms with Crippen LogP contribution in [0.2, 0.25) is 0 Å². The molecule has 0 aliphatic heterocycles. The molecule has 0 fully saturated rings. The molecule has 1 amide bonds. The molecule has 4 rings (SSSR count). The molecule has 13 heteroatoms. The van der Waals surface area contributed by atoms with Crippen LogP contribution in [0.4, 0.5) is 21.6 Å². The quantitative estimate of drug-likeness (QED) is 0.162. The molecular formula is C22H21FN8O3S. The van der Waals surface area contributed by atoms with E-state index in [9.17, 15) is 19.3 Å². The van der Waals surface area contributed by atoms with Crippen molar-refractivity contribution in [3.8, 4) is 0 Å². The van der Waals surface area contributed by atoms with Gasteiger partial charge in [-0.15, -0.1) is 0 Å². The summed E-state index contributed by atoms with van der Waals surface area (Å²) in [6.45, 7) is 1.15. The lowest BCUT2D eigenvalue weighted by molar-refractivity contribution is -0.383. The molecule has 0 radical (unpaired) electrons. The number of benzene rings is 1. The third-order valence-electron chi connectivity index (χ3n) is 4.92. The molecular weight excluding hydrogens is 475 g/mol. The van der Waals surface area contributed by atoms with Crippen LogP contribution in [0.3, 0.4) is 0 Å². The largest absolute Gasteiger partial charge is 0.362 e. The van der Waals surface area contributed by atoms with E-state index < -0.39 is 10.7 Å². The first-order chi connectivity index (χ1) is 17.0. The molecule has 0 aliphatic rings. The zero-order valence-corrected chi connectivity index (χ0v) is 19.2. The van der Waals surface area contributed by atoms with Crippen LogP contribution in [0.25, 0.3) is 10.3 Å². The van der Waals surface area contributed by atoms with Crippen LogP contribution in [-0.2, 0) is 17.8 Å². The van der Waals surface area contributed by atoms with E-state index in [2.05, 4.69) is 35.9 Å². The number of hydrogen-bond acceptors (Lipinski definition) is 10. The van der Waals surface area contributed by atoms with Crippen LogP contribution in [0.1, 0.15) is 17.1 Å². The van der Waals surface area contributed by atoms with Gasteiger partial charge in [-0.05, 0) is 18.2 Å². The minimum Gasteiger partial charge on any atom is -0.362 e. The van der Waals surface area contributed by atoms with E-state index in [1.807, 2.05) is 0 Å². The number of carbonyl (C=O) groups is 1. The number of anilines is 2. The summed E-state index contributed by atoms with van der Waals surface area (Å²) < 4.78 is 13.8. The number of para-hydroxylation sites is 2. The van der Waals surface area contributed by atoms with Gasteiger partial charge in [-0.2, -0.15) is 0 Å². The fourth-order valence-electron chi connectivity index (χ4n) is 3.22. The number of nitrogens with zero attached hydrogens (tertiary/aromatic N) is 5. The molecule has 3 N–H and O–H groups in total. The molecule has 0 saturated heterocycles. The van der Waals surface area contributed by atoms with Gasteiger partial charge >= 0.3 is 0 Å². The number of carbonyl (C=O) groups excluding carboxylic acids is 1. The third kappa shape index (κ3) is 6.28. The molecule has 11 nitrogen and oxygen atoms in total. The number of aromatic nitrogens is 4. The number of pyridine rings is 1. The Hall–Kier alpha value is -4.10. The Morgan fingerprint density at radius 1 is 1.11 bits per heavy atom. The van der Waals surface area contributed by atoms with Crippen LogP contribution in [0, 0.1) is 15.9 Å². The SMILES string of the molecule is O=C(CCNCCc1nc2c(NCc3ncccc3F)ncnc2s1)Nc1ccccc1[N+](=O)[O-]. The molecule has 35 heavy (non-hydrogen) atoms. The van der Waals surface area contributed by atoms with Gasteiger partial charge in [-0.25, -0.2) is 19.3 Å². The molecule has 0 atom stereocenters. The smallest absolute Gasteiger partial charge is 0.292 e. The number of thiazole rings is 1. The van der Waals surface area contributed by atoms with Crippen molar-refractivity contribution in [1.29, 1.82) is 0 Å². The van der Waals surface area contributed by atoms with E-state index in [1.165, 1.54) is 48.1 Å². The van der Waals surface area contributed by atoms with Crippen molar-refractivity contribution in [3.63, 3.8) is 0 Å². The Kier molecular flexibility index (Phi) is 7.80. The van der Waals surface area contributed by atoms with Gasteiger partial charge < -0.3 is 16.0 Å². The van der Waals surface area contributed by atoms with Crippen LogP contribution in [-0.4, -0.2) is 43.9 Å². The predicted octanol–water partition coefficient (Wildman–Crippen LogP) is 3.30. The monoisotopic (exact) mass is 496 g/mol. The van der Waals surface area contributed by atoms with Gasteiger partial charge in [0.25, 0.3) is 5.69 Å². The predicted molar refractivity (Wildman–Crippen MR) is 130 cm³/mol. The normalized spacial score (nSPS) is 10.9. The number of nitrogens with one attached hydrogen (secondary N) is 3. The lowest BCUT2D eigenvalue weighted by Gasteiger charge is -2.06. The number of rotatable bonds is 11. The lowest BCUT2D eigenvalue weighted by Crippen LogP contribution is -2.23. The molecule has 3 heterocycles. The molecule has 180 valence electrons. The highest BCUT2D eigenvalue weighted by molar-refractivity contribution is 7.18. The first-order valence-electron chi connectivity index (χ1n) is 10.7. The maximum absolute atomic E-state index is 13.8. The standard InChI is InChI=1S/C22H21FN8O3S/c23-14-4-3-9-25-16(14)12-26-21-20-22(28-13-27-21)35-19(30-20)8-11-24-10-7-18(32)29-15-5-1-2-6-17(15)31(33)34/h1-6,9,13,24H,7-8,10-12H2,(H,29,32)(H,26,27,28). The Labute approximate surface area is 203 Å². The van der Waals surface area contributed by atoms with Crippen molar-refractivity contribution in [2.45, 2.75) is 19.4 Å². The van der Waals surface area contributed by atoms with Gasteiger partial charge in [0, 0.05) is 38.2 Å². The Morgan fingerprint density at radius 3 is 2.80 bits per heavy atom. The average molecular weight is 497 g/mol. The highest BCUT2D eigenvalue weighted by atomic mass is 32.1. The highest BCUT2D eigenvalue weighted by Crippen LogP contribution is 2.25. The molecule has 0 bridgehead atoms. The zero-order chi connectivity index (χ0) is 24.6. The summed E-state index contributed by atoms with van der Waals surface area (Å²) in [4.78, 5) is 40.4.